The molecule has 1 aromatic carbocycles. The molecule has 1 rings (SSSR count). The van der Waals surface area contributed by atoms with E-state index in [9.17, 15) is 17.4 Å². The maximum Gasteiger partial charge on any atom is 0.245 e. The van der Waals surface area contributed by atoms with Crippen LogP contribution in [0.15, 0.2) is 18.2 Å². The lowest BCUT2D eigenvalue weighted by atomic mass is 9.89. The minimum atomic E-state index is -2.85. The van der Waals surface area contributed by atoms with E-state index in [1.807, 2.05) is 0 Å². The predicted molar refractivity (Wildman–Crippen MR) is 70.9 cm³/mol. The van der Waals surface area contributed by atoms with Crippen molar-refractivity contribution in [2.24, 2.45) is 5.14 Å². The van der Waals surface area contributed by atoms with Gasteiger partial charge in [-0.2, -0.15) is 5.26 Å². The number of nitriles is 1. The lowest BCUT2D eigenvalue weighted by Crippen LogP contribution is -2.35. The van der Waals surface area contributed by atoms with Gasteiger partial charge in [-0.15, -0.1) is 0 Å². The van der Waals surface area contributed by atoms with Gasteiger partial charge in [-0.25, -0.2) is 17.4 Å². The topological polar surface area (TPSA) is 66.9 Å². The van der Waals surface area contributed by atoms with E-state index >= 15 is 0 Å². The number of halogens is 3. The highest BCUT2D eigenvalue weighted by molar-refractivity contribution is 7.84. The second kappa shape index (κ2) is 6.37. The summed E-state index contributed by atoms with van der Waals surface area (Å²) < 4.78 is 50.4. The number of nitrogens with zero attached hydrogens (tertiary/aromatic N) is 1. The predicted octanol–water partition coefficient (Wildman–Crippen LogP) is 2.84. The van der Waals surface area contributed by atoms with E-state index in [1.165, 1.54) is 19.9 Å². The van der Waals surface area contributed by atoms with E-state index in [-0.39, 0.29) is 17.5 Å². The molecule has 0 aliphatic rings. The van der Waals surface area contributed by atoms with E-state index in [0.29, 0.717) is 0 Å². The Balaban J connectivity index is 3.22. The van der Waals surface area contributed by atoms with Crippen LogP contribution >= 0.6 is 0 Å². The molecule has 1 unspecified atom stereocenters. The molecule has 0 radical (unpaired) electrons. The number of rotatable bonds is 5. The molecule has 2 N–H and O–H groups in total. The largest absolute Gasteiger partial charge is 0.251 e. The molecule has 1 aromatic rings. The van der Waals surface area contributed by atoms with Crippen LogP contribution in [0.1, 0.15) is 37.3 Å². The van der Waals surface area contributed by atoms with E-state index in [4.69, 9.17) is 10.4 Å². The highest BCUT2D eigenvalue weighted by atomic mass is 32.2. The lowest BCUT2D eigenvalue weighted by Gasteiger charge is -2.27. The maximum absolute atomic E-state index is 13.7. The monoisotopic (exact) mass is 304 g/mol. The average Bonchev–Trinajstić information content (AvgIpc) is 2.36. The summed E-state index contributed by atoms with van der Waals surface area (Å²) in [5.74, 6) is -2.28. The summed E-state index contributed by atoms with van der Waals surface area (Å²) in [5, 5.41) is 14.0. The van der Waals surface area contributed by atoms with Gasteiger partial charge in [0.05, 0.1) is 27.4 Å². The highest BCUT2D eigenvalue weighted by Crippen LogP contribution is 2.35. The van der Waals surface area contributed by atoms with Crippen molar-refractivity contribution in [1.29, 1.82) is 5.26 Å². The van der Waals surface area contributed by atoms with Crippen molar-refractivity contribution in [2.75, 3.05) is 0 Å². The molecule has 0 aliphatic heterocycles. The molecule has 20 heavy (non-hydrogen) atoms. The molecule has 110 valence electrons. The third kappa shape index (κ3) is 3.81. The summed E-state index contributed by atoms with van der Waals surface area (Å²) in [5.41, 5.74) is -0.156. The Hall–Kier alpha value is -1.39. The van der Waals surface area contributed by atoms with Gasteiger partial charge in [0.25, 0.3) is 0 Å². The molecule has 0 saturated carbocycles. The van der Waals surface area contributed by atoms with Gasteiger partial charge in [0.1, 0.15) is 5.82 Å². The zero-order valence-electron chi connectivity index (χ0n) is 11.1. The van der Waals surface area contributed by atoms with Crippen molar-refractivity contribution < 1.29 is 17.4 Å². The van der Waals surface area contributed by atoms with Crippen molar-refractivity contribution in [3.05, 3.63) is 35.1 Å². The van der Waals surface area contributed by atoms with Crippen LogP contribution in [-0.4, -0.2) is 15.4 Å². The fourth-order valence-electron chi connectivity index (χ4n) is 1.84. The molecule has 0 bridgehead atoms. The van der Waals surface area contributed by atoms with Gasteiger partial charge in [-0.05, 0) is 44.0 Å². The standard InChI is InChI=1S/C13H15F3N2OS/c1-13(2,20(18)19)6-10(12(15)16)9-5-8(7-17)3-4-11(9)14/h3-5,10,12H,6,18H2,1-2H3/t10-,20?/m0/s1. The Morgan fingerprint density at radius 2 is 2.05 bits per heavy atom. The minimum Gasteiger partial charge on any atom is -0.251 e. The van der Waals surface area contributed by atoms with Crippen molar-refractivity contribution >= 4 is 11.0 Å². The van der Waals surface area contributed by atoms with Gasteiger partial charge in [0.15, 0.2) is 0 Å². The van der Waals surface area contributed by atoms with Crippen LogP contribution in [0.5, 0.6) is 0 Å². The molecule has 0 amide bonds. The second-order valence-corrected chi connectivity index (χ2v) is 6.75. The van der Waals surface area contributed by atoms with Crippen LogP contribution < -0.4 is 5.14 Å². The molecule has 0 aromatic heterocycles. The zero-order valence-corrected chi connectivity index (χ0v) is 11.9. The Kier molecular flexibility index (Phi) is 5.31. The van der Waals surface area contributed by atoms with E-state index in [0.717, 1.165) is 12.1 Å². The van der Waals surface area contributed by atoms with Crippen molar-refractivity contribution in [3.63, 3.8) is 0 Å². The normalized spacial score (nSPS) is 14.9. The fourth-order valence-corrected chi connectivity index (χ4v) is 2.19. The van der Waals surface area contributed by atoms with Gasteiger partial charge in [-0.1, -0.05) is 0 Å². The van der Waals surface area contributed by atoms with E-state index < -0.39 is 33.9 Å². The number of hydrogen-bond acceptors (Lipinski definition) is 2. The summed E-state index contributed by atoms with van der Waals surface area (Å²) in [4.78, 5) is 0. The first kappa shape index (κ1) is 16.7. The Bertz CT molecular complexity index is 555. The van der Waals surface area contributed by atoms with Crippen LogP contribution in [0, 0.1) is 17.1 Å². The summed E-state index contributed by atoms with van der Waals surface area (Å²) >= 11 is 0. The van der Waals surface area contributed by atoms with Crippen LogP contribution in [0.2, 0.25) is 0 Å². The first-order valence-electron chi connectivity index (χ1n) is 5.83. The van der Waals surface area contributed by atoms with Crippen LogP contribution in [0.3, 0.4) is 0 Å². The number of benzene rings is 1. The van der Waals surface area contributed by atoms with Gasteiger partial charge < -0.3 is 0 Å². The number of nitrogens with two attached hydrogens (primary N) is 1. The number of alkyl halides is 2. The first-order valence-corrected chi connectivity index (χ1v) is 7.04. The van der Waals surface area contributed by atoms with E-state index in [2.05, 4.69) is 0 Å². The van der Waals surface area contributed by atoms with Crippen molar-refractivity contribution in [2.45, 2.75) is 37.4 Å². The Morgan fingerprint density at radius 3 is 2.50 bits per heavy atom. The summed E-state index contributed by atoms with van der Waals surface area (Å²) in [6.07, 6.45) is -3.10. The third-order valence-corrected chi connectivity index (χ3v) is 4.34. The molecule has 0 spiro atoms. The molecule has 0 saturated heterocycles. The molecular formula is C13H15F3N2OS. The summed E-state index contributed by atoms with van der Waals surface area (Å²) in [7, 11) is -1.82. The van der Waals surface area contributed by atoms with E-state index in [1.54, 1.807) is 6.07 Å². The molecular weight excluding hydrogens is 289 g/mol. The van der Waals surface area contributed by atoms with Crippen molar-refractivity contribution in [3.8, 4) is 6.07 Å². The van der Waals surface area contributed by atoms with Crippen LogP contribution in [0.25, 0.3) is 0 Å². The maximum atomic E-state index is 13.7. The molecule has 0 fully saturated rings. The van der Waals surface area contributed by atoms with Gasteiger partial charge in [0.2, 0.25) is 6.43 Å². The molecule has 2 atom stereocenters. The fraction of sp³-hybridized carbons (Fsp3) is 0.462. The molecule has 3 nitrogen and oxygen atoms in total. The number of hydrogen-bond donors (Lipinski definition) is 1. The van der Waals surface area contributed by atoms with Crippen LogP contribution in [0.4, 0.5) is 13.2 Å². The van der Waals surface area contributed by atoms with Gasteiger partial charge >= 0.3 is 0 Å². The summed E-state index contributed by atoms with van der Waals surface area (Å²) in [6, 6.07) is 5.07. The van der Waals surface area contributed by atoms with Crippen LogP contribution in [-0.2, 0) is 11.0 Å². The van der Waals surface area contributed by atoms with Gasteiger partial charge in [0, 0.05) is 5.92 Å². The molecule has 7 heteroatoms. The third-order valence-electron chi connectivity index (χ3n) is 3.08. The van der Waals surface area contributed by atoms with Crippen molar-refractivity contribution in [1.82, 2.24) is 0 Å². The SMILES string of the molecule is CC(C)(C[C@@H](c1cc(C#N)ccc1F)C(F)F)S(N)=O. The summed E-state index contributed by atoms with van der Waals surface area (Å²) in [6.45, 7) is 2.95. The highest BCUT2D eigenvalue weighted by Gasteiger charge is 2.35. The van der Waals surface area contributed by atoms with Gasteiger partial charge in [-0.3, -0.25) is 5.14 Å². The first-order chi connectivity index (χ1) is 9.19. The smallest absolute Gasteiger partial charge is 0.245 e. The Morgan fingerprint density at radius 1 is 1.45 bits per heavy atom. The lowest BCUT2D eigenvalue weighted by molar-refractivity contribution is 0.104. The second-order valence-electron chi connectivity index (χ2n) is 5.05. The molecule has 0 heterocycles. The average molecular weight is 304 g/mol. The quantitative estimate of drug-likeness (QED) is 0.909. The minimum absolute atomic E-state index is 0.0960. The zero-order chi connectivity index (χ0) is 15.5. The Labute approximate surface area is 118 Å². The molecule has 0 aliphatic carbocycles.